The number of aryl methyl sites for hydroxylation is 2. The van der Waals surface area contributed by atoms with Crippen molar-refractivity contribution in [1.82, 2.24) is 9.97 Å². The summed E-state index contributed by atoms with van der Waals surface area (Å²) in [5, 5.41) is 9.58. The molecule has 0 aromatic carbocycles. The third-order valence-electron chi connectivity index (χ3n) is 1.82. The van der Waals surface area contributed by atoms with Gasteiger partial charge in [-0.2, -0.15) is 0 Å². The Morgan fingerprint density at radius 1 is 1.50 bits per heavy atom. The van der Waals surface area contributed by atoms with Gasteiger partial charge >= 0.3 is 0 Å². The molecule has 4 nitrogen and oxygen atoms in total. The molecular formula is C8H15N3O. The fraction of sp³-hybridized carbons (Fsp3) is 0.625. The summed E-state index contributed by atoms with van der Waals surface area (Å²) in [4.78, 5) is 7.16. The molecule has 2 atom stereocenters. The van der Waals surface area contributed by atoms with Gasteiger partial charge in [0.15, 0.2) is 0 Å². The second kappa shape index (κ2) is 3.25. The second-order valence-electron chi connectivity index (χ2n) is 3.14. The maximum Gasteiger partial charge on any atom is 0.112 e. The van der Waals surface area contributed by atoms with Crippen molar-refractivity contribution in [2.24, 2.45) is 5.73 Å². The van der Waals surface area contributed by atoms with Gasteiger partial charge in [-0.1, -0.05) is 0 Å². The first kappa shape index (κ1) is 9.22. The molecule has 4 heteroatoms. The normalized spacial score (nSPS) is 16.1. The summed E-state index contributed by atoms with van der Waals surface area (Å²) in [5.41, 5.74) is 7.08. The third kappa shape index (κ3) is 1.65. The van der Waals surface area contributed by atoms with E-state index >= 15 is 0 Å². The SMILES string of the molecule is Cc1nc(C(O)C(C)N)c(C)[nH]1. The number of hydrogen-bond acceptors (Lipinski definition) is 3. The lowest BCUT2D eigenvalue weighted by atomic mass is 10.1. The average Bonchev–Trinajstić information content (AvgIpc) is 2.28. The molecule has 12 heavy (non-hydrogen) atoms. The molecule has 0 radical (unpaired) electrons. The number of rotatable bonds is 2. The zero-order valence-corrected chi connectivity index (χ0v) is 7.63. The molecule has 0 aliphatic rings. The molecule has 0 bridgehead atoms. The predicted molar refractivity (Wildman–Crippen MR) is 46.7 cm³/mol. The monoisotopic (exact) mass is 169 g/mol. The third-order valence-corrected chi connectivity index (χ3v) is 1.82. The van der Waals surface area contributed by atoms with Crippen LogP contribution in [0.25, 0.3) is 0 Å². The number of aromatic amines is 1. The van der Waals surface area contributed by atoms with Crippen molar-refractivity contribution in [3.05, 3.63) is 17.2 Å². The summed E-state index contributed by atoms with van der Waals surface area (Å²) < 4.78 is 0. The fourth-order valence-electron chi connectivity index (χ4n) is 1.16. The van der Waals surface area contributed by atoms with E-state index in [-0.39, 0.29) is 6.04 Å². The Hall–Kier alpha value is -0.870. The fourth-order valence-corrected chi connectivity index (χ4v) is 1.16. The van der Waals surface area contributed by atoms with E-state index in [9.17, 15) is 5.11 Å². The van der Waals surface area contributed by atoms with E-state index in [0.29, 0.717) is 5.69 Å². The summed E-state index contributed by atoms with van der Waals surface area (Å²) >= 11 is 0. The molecule has 1 heterocycles. The second-order valence-corrected chi connectivity index (χ2v) is 3.14. The lowest BCUT2D eigenvalue weighted by Crippen LogP contribution is -2.25. The zero-order valence-electron chi connectivity index (χ0n) is 7.63. The van der Waals surface area contributed by atoms with Gasteiger partial charge < -0.3 is 15.8 Å². The minimum absolute atomic E-state index is 0.286. The Balaban J connectivity index is 2.94. The quantitative estimate of drug-likeness (QED) is 0.600. The smallest absolute Gasteiger partial charge is 0.112 e. The number of imidazole rings is 1. The molecule has 0 fully saturated rings. The Morgan fingerprint density at radius 2 is 2.08 bits per heavy atom. The molecule has 1 aromatic rings. The van der Waals surface area contributed by atoms with Crippen LogP contribution in [0.1, 0.15) is 30.2 Å². The number of aliphatic hydroxyl groups is 1. The van der Waals surface area contributed by atoms with Crippen molar-refractivity contribution in [3.63, 3.8) is 0 Å². The number of nitrogens with two attached hydrogens (primary N) is 1. The molecular weight excluding hydrogens is 154 g/mol. The molecule has 68 valence electrons. The van der Waals surface area contributed by atoms with Crippen LogP contribution in [0.15, 0.2) is 0 Å². The van der Waals surface area contributed by atoms with Gasteiger partial charge in [0, 0.05) is 11.7 Å². The van der Waals surface area contributed by atoms with Crippen molar-refractivity contribution in [2.75, 3.05) is 0 Å². The lowest BCUT2D eigenvalue weighted by Gasteiger charge is -2.12. The Kier molecular flexibility index (Phi) is 2.49. The molecule has 4 N–H and O–H groups in total. The first-order valence-electron chi connectivity index (χ1n) is 3.99. The van der Waals surface area contributed by atoms with Crippen LogP contribution in [0.3, 0.4) is 0 Å². The Bertz CT molecular complexity index is 267. The van der Waals surface area contributed by atoms with Gasteiger partial charge in [-0.3, -0.25) is 0 Å². The molecule has 0 aliphatic carbocycles. The average molecular weight is 169 g/mol. The summed E-state index contributed by atoms with van der Waals surface area (Å²) in [7, 11) is 0. The van der Waals surface area contributed by atoms with Crippen molar-refractivity contribution in [3.8, 4) is 0 Å². The van der Waals surface area contributed by atoms with Gasteiger partial charge in [0.25, 0.3) is 0 Å². The molecule has 1 rings (SSSR count). The van der Waals surface area contributed by atoms with E-state index < -0.39 is 6.10 Å². The molecule has 0 saturated heterocycles. The summed E-state index contributed by atoms with van der Waals surface area (Å²) in [6.07, 6.45) is -0.671. The van der Waals surface area contributed by atoms with Crippen LogP contribution < -0.4 is 5.73 Å². The Morgan fingerprint density at radius 3 is 2.42 bits per heavy atom. The number of aromatic nitrogens is 2. The van der Waals surface area contributed by atoms with Gasteiger partial charge in [-0.05, 0) is 20.8 Å². The van der Waals surface area contributed by atoms with Crippen LogP contribution in [0.5, 0.6) is 0 Å². The van der Waals surface area contributed by atoms with Gasteiger partial charge in [0.05, 0.1) is 5.69 Å². The van der Waals surface area contributed by atoms with E-state index in [1.165, 1.54) is 0 Å². The Labute approximate surface area is 71.8 Å². The van der Waals surface area contributed by atoms with Gasteiger partial charge in [-0.15, -0.1) is 0 Å². The van der Waals surface area contributed by atoms with Crippen LogP contribution in [0, 0.1) is 13.8 Å². The van der Waals surface area contributed by atoms with Gasteiger partial charge in [-0.25, -0.2) is 4.98 Å². The molecule has 0 spiro atoms. The lowest BCUT2D eigenvalue weighted by molar-refractivity contribution is 0.148. The number of aliphatic hydroxyl groups excluding tert-OH is 1. The highest BCUT2D eigenvalue weighted by molar-refractivity contribution is 5.16. The predicted octanol–water partition coefficient (Wildman–Crippen LogP) is 0.407. The maximum absolute atomic E-state index is 9.58. The van der Waals surface area contributed by atoms with Crippen molar-refractivity contribution < 1.29 is 5.11 Å². The highest BCUT2D eigenvalue weighted by atomic mass is 16.3. The van der Waals surface area contributed by atoms with Crippen molar-refractivity contribution >= 4 is 0 Å². The molecule has 2 unspecified atom stereocenters. The molecule has 0 aliphatic heterocycles. The van der Waals surface area contributed by atoms with E-state index in [2.05, 4.69) is 9.97 Å². The molecule has 1 aromatic heterocycles. The van der Waals surface area contributed by atoms with Crippen molar-refractivity contribution in [2.45, 2.75) is 32.9 Å². The van der Waals surface area contributed by atoms with Crippen LogP contribution in [-0.2, 0) is 0 Å². The largest absolute Gasteiger partial charge is 0.385 e. The van der Waals surface area contributed by atoms with Crippen LogP contribution in [-0.4, -0.2) is 21.1 Å². The van der Waals surface area contributed by atoms with E-state index in [1.807, 2.05) is 13.8 Å². The van der Waals surface area contributed by atoms with Gasteiger partial charge in [0.2, 0.25) is 0 Å². The first-order valence-corrected chi connectivity index (χ1v) is 3.99. The first-order chi connectivity index (χ1) is 5.52. The van der Waals surface area contributed by atoms with Crippen LogP contribution in [0.2, 0.25) is 0 Å². The van der Waals surface area contributed by atoms with E-state index in [4.69, 9.17) is 5.73 Å². The molecule has 0 amide bonds. The number of nitrogens with one attached hydrogen (secondary N) is 1. The summed E-state index contributed by atoms with van der Waals surface area (Å²) in [5.74, 6) is 0.808. The topological polar surface area (TPSA) is 74.9 Å². The highest BCUT2D eigenvalue weighted by Gasteiger charge is 2.17. The zero-order chi connectivity index (χ0) is 9.30. The number of nitrogens with zero attached hydrogens (tertiary/aromatic N) is 1. The highest BCUT2D eigenvalue weighted by Crippen LogP contribution is 2.16. The maximum atomic E-state index is 9.58. The van der Waals surface area contributed by atoms with E-state index in [1.54, 1.807) is 6.92 Å². The molecule has 0 saturated carbocycles. The standard InChI is InChI=1S/C8H15N3O/c1-4(9)8(12)7-5(2)10-6(3)11-7/h4,8,12H,9H2,1-3H3,(H,10,11). The minimum Gasteiger partial charge on any atom is -0.385 e. The van der Waals surface area contributed by atoms with Crippen molar-refractivity contribution in [1.29, 1.82) is 0 Å². The number of hydrogen-bond donors (Lipinski definition) is 3. The van der Waals surface area contributed by atoms with Gasteiger partial charge in [0.1, 0.15) is 11.9 Å². The summed E-state index contributed by atoms with van der Waals surface area (Å²) in [6, 6.07) is -0.286. The number of H-pyrrole nitrogens is 1. The van der Waals surface area contributed by atoms with Crippen LogP contribution >= 0.6 is 0 Å². The summed E-state index contributed by atoms with van der Waals surface area (Å²) in [6.45, 7) is 5.49. The van der Waals surface area contributed by atoms with Crippen LogP contribution in [0.4, 0.5) is 0 Å². The van der Waals surface area contributed by atoms with E-state index in [0.717, 1.165) is 11.5 Å². The minimum atomic E-state index is -0.671.